The largest absolute Gasteiger partial charge is 0.347 e. The van der Waals surface area contributed by atoms with Gasteiger partial charge in [-0.1, -0.05) is 0 Å². The monoisotopic (exact) mass is 211 g/mol. The Morgan fingerprint density at radius 2 is 2.23 bits per heavy atom. The molecule has 6 heteroatoms. The van der Waals surface area contributed by atoms with Gasteiger partial charge in [-0.15, -0.1) is 0 Å². The van der Waals surface area contributed by atoms with Crippen molar-refractivity contribution in [3.63, 3.8) is 0 Å². The normalized spacial score (nSPS) is 28.8. The van der Waals surface area contributed by atoms with Gasteiger partial charge in [-0.05, 0) is 6.42 Å². The minimum absolute atomic E-state index is 0.293. The molecule has 1 saturated heterocycles. The van der Waals surface area contributed by atoms with E-state index in [1.165, 1.54) is 0 Å². The molecule has 2 unspecified atom stereocenters. The molecule has 0 spiro atoms. The van der Waals surface area contributed by atoms with Gasteiger partial charge >= 0.3 is 5.92 Å². The average molecular weight is 211 g/mol. The van der Waals surface area contributed by atoms with Crippen LogP contribution in [0.15, 0.2) is 0 Å². The summed E-state index contributed by atoms with van der Waals surface area (Å²) in [5.74, 6) is -3.84. The van der Waals surface area contributed by atoms with Crippen LogP contribution in [0.25, 0.3) is 0 Å². The van der Waals surface area contributed by atoms with Crippen molar-refractivity contribution in [2.24, 2.45) is 0 Å². The first-order valence-electron chi connectivity index (χ1n) is 3.93. The van der Waals surface area contributed by atoms with E-state index in [1.54, 1.807) is 0 Å². The Morgan fingerprint density at radius 3 is 2.62 bits per heavy atom. The maximum atomic E-state index is 12.4. The van der Waals surface area contributed by atoms with Crippen molar-refractivity contribution in [3.8, 4) is 0 Å². The van der Waals surface area contributed by atoms with Gasteiger partial charge in [-0.3, -0.25) is 9.00 Å². The van der Waals surface area contributed by atoms with Gasteiger partial charge in [0, 0.05) is 35.3 Å². The molecule has 0 aliphatic carbocycles. The van der Waals surface area contributed by atoms with Gasteiger partial charge in [0.15, 0.2) is 0 Å². The molecule has 1 aliphatic rings. The molecule has 1 aliphatic heterocycles. The number of hydrogen-bond donors (Lipinski definition) is 1. The predicted molar refractivity (Wildman–Crippen MR) is 45.0 cm³/mol. The van der Waals surface area contributed by atoms with Crippen LogP contribution < -0.4 is 5.32 Å². The van der Waals surface area contributed by atoms with E-state index in [9.17, 15) is 17.8 Å². The third kappa shape index (κ3) is 3.02. The summed E-state index contributed by atoms with van der Waals surface area (Å²) in [5, 5.41) is 2.17. The lowest BCUT2D eigenvalue weighted by Crippen LogP contribution is -2.44. The van der Waals surface area contributed by atoms with Crippen LogP contribution in [-0.4, -0.2) is 33.6 Å². The van der Waals surface area contributed by atoms with E-state index in [4.69, 9.17) is 0 Å². The third-order valence-corrected chi connectivity index (χ3v) is 3.28. The lowest BCUT2D eigenvalue weighted by atomic mass is 10.2. The van der Waals surface area contributed by atoms with E-state index in [-0.39, 0.29) is 6.04 Å². The Hall–Kier alpha value is -0.520. The molecular formula is C7H11F2NO2S. The van der Waals surface area contributed by atoms with Crippen molar-refractivity contribution < 1.29 is 17.8 Å². The summed E-state index contributed by atoms with van der Waals surface area (Å²) in [6, 6.07) is -0.348. The molecule has 0 radical (unpaired) electrons. The number of hydrogen-bond acceptors (Lipinski definition) is 2. The quantitative estimate of drug-likeness (QED) is 0.713. The summed E-state index contributed by atoms with van der Waals surface area (Å²) in [7, 11) is -0.956. The first-order chi connectivity index (χ1) is 5.89. The Bertz CT molecular complexity index is 239. The molecule has 76 valence electrons. The Balaban J connectivity index is 2.42. The zero-order chi connectivity index (χ0) is 10.1. The van der Waals surface area contributed by atoms with Crippen LogP contribution >= 0.6 is 0 Å². The van der Waals surface area contributed by atoms with E-state index in [0.29, 0.717) is 24.9 Å². The topological polar surface area (TPSA) is 46.2 Å². The standard InChI is InChI=1S/C7H11F2NO2S/c1-7(8,9)6(11)10-5-2-3-13(12)4-5/h5H,2-4H2,1H3,(H,10,11). The van der Waals surface area contributed by atoms with Crippen molar-refractivity contribution in [3.05, 3.63) is 0 Å². The summed E-state index contributed by atoms with van der Waals surface area (Å²) >= 11 is 0. The van der Waals surface area contributed by atoms with Crippen LogP contribution in [0.1, 0.15) is 13.3 Å². The smallest absolute Gasteiger partial charge is 0.321 e. The molecule has 1 fully saturated rings. The zero-order valence-corrected chi connectivity index (χ0v) is 8.00. The molecule has 1 amide bonds. The summed E-state index contributed by atoms with van der Waals surface area (Å²) in [4.78, 5) is 10.8. The highest BCUT2D eigenvalue weighted by Gasteiger charge is 2.35. The second-order valence-electron chi connectivity index (χ2n) is 3.16. The van der Waals surface area contributed by atoms with Crippen molar-refractivity contribution in [2.45, 2.75) is 25.3 Å². The van der Waals surface area contributed by atoms with Gasteiger partial charge < -0.3 is 5.32 Å². The third-order valence-electron chi connectivity index (χ3n) is 1.81. The number of rotatable bonds is 2. The molecule has 0 saturated carbocycles. The molecule has 0 aromatic rings. The van der Waals surface area contributed by atoms with Crippen molar-refractivity contribution >= 4 is 16.7 Å². The number of carbonyl (C=O) groups excluding carboxylic acids is 1. The molecule has 1 N–H and O–H groups in total. The van der Waals surface area contributed by atoms with Gasteiger partial charge in [0.2, 0.25) is 0 Å². The lowest BCUT2D eigenvalue weighted by Gasteiger charge is -2.14. The van der Waals surface area contributed by atoms with Gasteiger partial charge in [-0.25, -0.2) is 0 Å². The fraction of sp³-hybridized carbons (Fsp3) is 0.857. The number of alkyl halides is 2. The fourth-order valence-electron chi connectivity index (χ4n) is 1.09. The van der Waals surface area contributed by atoms with Crippen LogP contribution in [-0.2, 0) is 15.6 Å². The number of nitrogens with one attached hydrogen (secondary N) is 1. The maximum absolute atomic E-state index is 12.4. The minimum Gasteiger partial charge on any atom is -0.347 e. The van der Waals surface area contributed by atoms with Crippen LogP contribution in [0.2, 0.25) is 0 Å². The van der Waals surface area contributed by atoms with E-state index in [2.05, 4.69) is 5.32 Å². The summed E-state index contributed by atoms with van der Waals surface area (Å²) < 4.78 is 35.6. The summed E-state index contributed by atoms with van der Waals surface area (Å²) in [5.41, 5.74) is 0. The molecule has 1 heterocycles. The highest BCUT2D eigenvalue weighted by molar-refractivity contribution is 7.85. The minimum atomic E-state index is -3.34. The Morgan fingerprint density at radius 1 is 1.62 bits per heavy atom. The van der Waals surface area contributed by atoms with Crippen LogP contribution in [0.5, 0.6) is 0 Å². The maximum Gasteiger partial charge on any atom is 0.321 e. The van der Waals surface area contributed by atoms with Gasteiger partial charge in [0.1, 0.15) is 0 Å². The molecule has 0 aromatic carbocycles. The molecule has 0 aromatic heterocycles. The second-order valence-corrected chi connectivity index (χ2v) is 4.78. The first-order valence-corrected chi connectivity index (χ1v) is 5.42. The zero-order valence-electron chi connectivity index (χ0n) is 7.18. The Labute approximate surface area is 77.3 Å². The summed E-state index contributed by atoms with van der Waals surface area (Å²) in [6.45, 7) is 0.550. The molecule has 0 bridgehead atoms. The number of amides is 1. The highest BCUT2D eigenvalue weighted by Crippen LogP contribution is 2.14. The lowest BCUT2D eigenvalue weighted by molar-refractivity contribution is -0.143. The molecule has 13 heavy (non-hydrogen) atoms. The van der Waals surface area contributed by atoms with Gasteiger partial charge in [0.05, 0.1) is 0 Å². The highest BCUT2D eigenvalue weighted by atomic mass is 32.2. The van der Waals surface area contributed by atoms with Crippen LogP contribution in [0, 0.1) is 0 Å². The predicted octanol–water partition coefficient (Wildman–Crippen LogP) is 0.279. The molecule has 2 atom stereocenters. The SMILES string of the molecule is CC(F)(F)C(=O)NC1CCS(=O)C1. The average Bonchev–Trinajstić information content (AvgIpc) is 2.33. The molecule has 3 nitrogen and oxygen atoms in total. The van der Waals surface area contributed by atoms with Crippen LogP contribution in [0.4, 0.5) is 8.78 Å². The van der Waals surface area contributed by atoms with Crippen molar-refractivity contribution in [1.82, 2.24) is 5.32 Å². The molecule has 1 rings (SSSR count). The summed E-state index contributed by atoms with van der Waals surface area (Å²) in [6.07, 6.45) is 0.522. The van der Waals surface area contributed by atoms with Crippen molar-refractivity contribution in [1.29, 1.82) is 0 Å². The Kier molecular flexibility index (Phi) is 3.00. The van der Waals surface area contributed by atoms with E-state index < -0.39 is 22.6 Å². The fourth-order valence-corrected chi connectivity index (χ4v) is 2.50. The van der Waals surface area contributed by atoms with Gasteiger partial charge in [0.25, 0.3) is 5.91 Å². The van der Waals surface area contributed by atoms with E-state index >= 15 is 0 Å². The first kappa shape index (κ1) is 10.6. The number of carbonyl (C=O) groups is 1. The second kappa shape index (κ2) is 3.69. The van der Waals surface area contributed by atoms with Gasteiger partial charge in [-0.2, -0.15) is 8.78 Å². The van der Waals surface area contributed by atoms with Crippen molar-refractivity contribution in [2.75, 3.05) is 11.5 Å². The van der Waals surface area contributed by atoms with E-state index in [0.717, 1.165) is 0 Å². The van der Waals surface area contributed by atoms with Crippen LogP contribution in [0.3, 0.4) is 0 Å². The van der Waals surface area contributed by atoms with E-state index in [1.807, 2.05) is 0 Å². The molecular weight excluding hydrogens is 200 g/mol. The number of halogens is 2.